The molecule has 0 atom stereocenters. The molecule has 2 N–H and O–H groups in total. The molecule has 0 fully saturated rings. The molecule has 0 spiro atoms. The van der Waals surface area contributed by atoms with Crippen molar-refractivity contribution in [3.05, 3.63) is 482 Å². The van der Waals surface area contributed by atoms with Crippen LogP contribution in [0.1, 0.15) is 28.1 Å². The Labute approximate surface area is 789 Å². The average Bonchev–Trinajstić information content (AvgIpc) is 1.56. The summed E-state index contributed by atoms with van der Waals surface area (Å²) in [6, 6.07) is 70.9. The van der Waals surface area contributed by atoms with E-state index < -0.39 is 75.5 Å². The number of benzene rings is 6. The maximum atomic E-state index is 14.0. The van der Waals surface area contributed by atoms with Gasteiger partial charge in [0.05, 0.1) is 29.8 Å². The Morgan fingerprint density at radius 3 is 1.11 bits per heavy atom. The van der Waals surface area contributed by atoms with Crippen LogP contribution in [0.2, 0.25) is 0 Å². The molecular formula is C98H67F11Ir3N18O2. The number of aliphatic hydroxyl groups excluding tert-OH is 2. The third kappa shape index (κ3) is 23.7. The van der Waals surface area contributed by atoms with Crippen LogP contribution in [-0.2, 0) is 85.9 Å². The molecule has 0 saturated heterocycles. The third-order valence-electron chi connectivity index (χ3n) is 19.0. The van der Waals surface area contributed by atoms with E-state index in [1.165, 1.54) is 30.1 Å². The molecule has 12 aromatic heterocycles. The van der Waals surface area contributed by atoms with Crippen LogP contribution >= 0.6 is 0 Å². The van der Waals surface area contributed by atoms with Crippen LogP contribution in [0.15, 0.2) is 349 Å². The summed E-state index contributed by atoms with van der Waals surface area (Å²) in [5, 5.41) is 35.1. The van der Waals surface area contributed by atoms with E-state index in [1.54, 1.807) is 177 Å². The number of hydrogen-bond donors (Lipinski definition) is 2. The summed E-state index contributed by atoms with van der Waals surface area (Å²) in [6.45, 7) is 21.9. The van der Waals surface area contributed by atoms with Crippen molar-refractivity contribution >= 4 is 22.9 Å². The van der Waals surface area contributed by atoms with Gasteiger partial charge < -0.3 is 25.2 Å². The van der Waals surface area contributed by atoms with E-state index in [2.05, 4.69) is 97.0 Å². The van der Waals surface area contributed by atoms with Crippen LogP contribution in [0.3, 0.4) is 0 Å². The van der Waals surface area contributed by atoms with Gasteiger partial charge in [-0.2, -0.15) is 34.1 Å². The minimum atomic E-state index is -0.986. The van der Waals surface area contributed by atoms with Crippen molar-refractivity contribution in [2.24, 2.45) is 0 Å². The Kier molecular flexibility index (Phi) is 35.2. The van der Waals surface area contributed by atoms with Crippen molar-refractivity contribution in [2.75, 3.05) is 0 Å². The van der Waals surface area contributed by atoms with E-state index in [9.17, 15) is 48.3 Å². The zero-order valence-electron chi connectivity index (χ0n) is 68.4. The van der Waals surface area contributed by atoms with Crippen LogP contribution in [0.4, 0.5) is 59.7 Å². The van der Waals surface area contributed by atoms with Gasteiger partial charge in [-0.25, -0.2) is 45.5 Å². The van der Waals surface area contributed by atoms with Crippen LogP contribution < -0.4 is 13.7 Å². The first-order valence-electron chi connectivity index (χ1n) is 38.6. The normalized spacial score (nSPS) is 10.7. The Balaban J connectivity index is 0.000000155. The molecule has 6 aromatic carbocycles. The van der Waals surface area contributed by atoms with Gasteiger partial charge in [-0.15, -0.1) is 42.0 Å². The molecule has 18 aromatic rings. The molecule has 20 nitrogen and oxygen atoms in total. The fourth-order valence-electron chi connectivity index (χ4n) is 13.3. The van der Waals surface area contributed by atoms with Gasteiger partial charge in [0.15, 0.2) is 43.9 Å². The molecule has 132 heavy (non-hydrogen) atoms. The molecule has 0 bridgehead atoms. The zero-order chi connectivity index (χ0) is 90.9. The Morgan fingerprint density at radius 2 is 0.720 bits per heavy atom. The largest absolute Gasteiger partial charge is 0.506 e. The van der Waals surface area contributed by atoms with Gasteiger partial charge in [0.25, 0.3) is 5.69 Å². The van der Waals surface area contributed by atoms with Crippen LogP contribution in [0.5, 0.6) is 0 Å². The van der Waals surface area contributed by atoms with Crippen LogP contribution in [-0.4, -0.2) is 74.3 Å². The molecule has 3 aliphatic rings. The molecule has 0 aliphatic carbocycles. The Bertz CT molecular complexity index is 6700. The zero-order valence-corrected chi connectivity index (χ0v) is 75.6. The van der Waals surface area contributed by atoms with Crippen molar-refractivity contribution in [3.63, 3.8) is 0 Å². The average molecular weight is 2310 g/mol. The minimum Gasteiger partial charge on any atom is -0.506 e. The molecule has 0 saturated carbocycles. The molecule has 15 heterocycles. The Morgan fingerprint density at radius 1 is 0.348 bits per heavy atom. The molecule has 0 amide bonds. The van der Waals surface area contributed by atoms with Crippen molar-refractivity contribution < 1.29 is 133 Å². The van der Waals surface area contributed by atoms with Gasteiger partial charge in [0, 0.05) is 235 Å². The molecule has 21 rings (SSSR count). The van der Waals surface area contributed by atoms with E-state index in [0.717, 1.165) is 59.8 Å². The van der Waals surface area contributed by atoms with Crippen LogP contribution in [0, 0.1) is 95.3 Å². The van der Waals surface area contributed by atoms with Gasteiger partial charge in [-0.1, -0.05) is 84.9 Å². The number of fused-ring (bicyclic) bond motifs is 9. The predicted molar refractivity (Wildman–Crippen MR) is 456 cm³/mol. The first kappa shape index (κ1) is 98.8. The van der Waals surface area contributed by atoms with E-state index in [0.29, 0.717) is 69.5 Å². The first-order valence-corrected chi connectivity index (χ1v) is 38.6. The number of aliphatic hydroxyl groups is 2. The summed E-state index contributed by atoms with van der Waals surface area (Å²) in [5.74, 6) is -8.07. The van der Waals surface area contributed by atoms with E-state index in [-0.39, 0.29) is 94.3 Å². The number of halogens is 11. The van der Waals surface area contributed by atoms with Crippen molar-refractivity contribution in [1.82, 2.24) is 64.0 Å². The first-order chi connectivity index (χ1) is 62.6. The van der Waals surface area contributed by atoms with Gasteiger partial charge >= 0.3 is 5.91 Å². The summed E-state index contributed by atoms with van der Waals surface area (Å²) in [5.41, 5.74) is 8.54. The van der Waals surface area contributed by atoms with Gasteiger partial charge in [0.1, 0.15) is 52.0 Å². The van der Waals surface area contributed by atoms with Crippen molar-refractivity contribution in [2.45, 2.75) is 25.5 Å². The number of nitrogens with zero attached hydrogens (tertiary/aromatic N) is 18. The summed E-state index contributed by atoms with van der Waals surface area (Å²) < 4.78 is 158. The van der Waals surface area contributed by atoms with E-state index in [4.69, 9.17) is 23.4 Å². The second-order valence-electron chi connectivity index (χ2n) is 27.3. The van der Waals surface area contributed by atoms with E-state index >= 15 is 0 Å². The molecule has 3 aliphatic heterocycles. The van der Waals surface area contributed by atoms with Gasteiger partial charge in [-0.3, -0.25) is 41.2 Å². The number of rotatable bonds is 9. The van der Waals surface area contributed by atoms with Crippen molar-refractivity contribution in [3.8, 4) is 67.5 Å². The monoisotopic (exact) mass is 2320 g/mol. The number of hydrogen-bond acceptors (Lipinski definition) is 11. The fraction of sp³-hybridized carbons (Fsp3) is 0.0408. The third-order valence-corrected chi connectivity index (χ3v) is 19.0. The van der Waals surface area contributed by atoms with Crippen molar-refractivity contribution in [1.29, 1.82) is 0 Å². The van der Waals surface area contributed by atoms with Gasteiger partial charge in [0.2, 0.25) is 17.1 Å². The number of aromatic nitrogens is 16. The fourth-order valence-corrected chi connectivity index (χ4v) is 13.3. The molecule has 34 heteroatoms. The summed E-state index contributed by atoms with van der Waals surface area (Å²) in [4.78, 5) is 25.2. The summed E-state index contributed by atoms with van der Waals surface area (Å²) in [6.07, 6.45) is 27.8. The quantitative estimate of drug-likeness (QED) is 0.0604. The standard InChI is InChI=1S/C13H7F2N2.C13H12N8.C12H5F2N2.C12H8F2N.C12H9FN.2C11H6F2N.2C7H7NO.3Ir/c1-16-13-9(14)6-8-7-17-5-3-2-4-10(17)11(8)12(13)15;1-5-14-18(9-1)13(19-10-2-6-15-19,20-11-3-7-16-20)21-12-4-8-17-21;1-15-12-9(13)6-5-8(11(12)14)10-4-2-3-7-16-10;13-9-5-8-7-15-4-2-1-3-11(15)12(8)10(14)6-9;13-10-4-5-11-9(7-10)8-14-6-2-1-3-12(11)14;2*12-8-4-5-9(10(13)7-8)11-3-1-2-6-14-11;2*1-6(9)7-4-2-3-5-8-7;;;/h2-6H,7H2;1-12H;2-4,6-7H;1-6H,7H2;1-7H,8H2;2*1-4,6-7H;2*2-5,9H,1H2;;;/q+1;;-1;2*+1;2*-1;;;;;. The number of pyridine rings is 8. The molecule has 665 valence electrons. The van der Waals surface area contributed by atoms with E-state index in [1.807, 2.05) is 119 Å². The summed E-state index contributed by atoms with van der Waals surface area (Å²) in [7, 11) is 0. The minimum absolute atomic E-state index is 0. The van der Waals surface area contributed by atoms with Gasteiger partial charge in [-0.05, 0) is 132 Å². The molecule has 0 unspecified atom stereocenters. The summed E-state index contributed by atoms with van der Waals surface area (Å²) >= 11 is 0. The second kappa shape index (κ2) is 47.1. The maximum Gasteiger partial charge on any atom is 0.354 e. The molecule has 3 radical (unpaired) electrons. The Hall–Kier alpha value is -15.4. The SMILES string of the molecule is C=C(O)c1ccccn1.C=C(O)c1ccccn1.Fc1c[c-]c(-c2ccccn2)c(F)c1.Fc1c[c-]c(-c2ccccn2)c(F)c1.Fc1cc(F)c2c(c1)C[n+]1ccccc1-2.Fc1ccc2c(c1)C[n+]1ccccc1-2.[C-]#[N+]c1c(F)c[c-]c(-c2ccccn2)c1F.[C-]#[N+]c1c(F)cc2c(c1F)-c1cccc[n+]1C2.[Ir].[Ir].[Ir].c1cnn(C(n2cccn2)(n2cccn2)n2cccn2)c1. The van der Waals surface area contributed by atoms with Crippen LogP contribution in [0.25, 0.3) is 88.8 Å². The molecular weight excluding hydrogens is 2250 g/mol. The second-order valence-corrected chi connectivity index (χ2v) is 27.3. The maximum absolute atomic E-state index is 14.0. The predicted octanol–water partition coefficient (Wildman–Crippen LogP) is 20.2. The smallest absolute Gasteiger partial charge is 0.354 e. The topological polar surface area (TPSA) is 197 Å².